The van der Waals surface area contributed by atoms with Crippen molar-refractivity contribution in [3.63, 3.8) is 0 Å². The molecule has 0 aliphatic heterocycles. The zero-order chi connectivity index (χ0) is 17.7. The molecule has 0 saturated heterocycles. The fraction of sp³-hybridized carbons (Fsp3) is 0.294. The minimum Gasteiger partial charge on any atom is -0.273 e. The first-order valence-corrected chi connectivity index (χ1v) is 9.81. The summed E-state index contributed by atoms with van der Waals surface area (Å²) in [6, 6.07) is 3.85. The van der Waals surface area contributed by atoms with Gasteiger partial charge in [-0.05, 0) is 46.5 Å². The van der Waals surface area contributed by atoms with Gasteiger partial charge in [0.1, 0.15) is 0 Å². The van der Waals surface area contributed by atoms with Crippen LogP contribution in [0.3, 0.4) is 0 Å². The first-order valence-electron chi connectivity index (χ1n) is 7.92. The lowest BCUT2D eigenvalue weighted by atomic mass is 10.1. The minimum absolute atomic E-state index is 0.115. The number of amides is 2. The zero-order valence-electron chi connectivity index (χ0n) is 13.7. The van der Waals surface area contributed by atoms with Gasteiger partial charge >= 0.3 is 0 Å². The van der Waals surface area contributed by atoms with Crippen LogP contribution in [0.5, 0.6) is 0 Å². The van der Waals surface area contributed by atoms with Crippen molar-refractivity contribution in [1.82, 2.24) is 10.9 Å². The zero-order valence-corrected chi connectivity index (χ0v) is 15.3. The van der Waals surface area contributed by atoms with Gasteiger partial charge in [0.2, 0.25) is 11.8 Å². The molecule has 0 bridgehead atoms. The first-order chi connectivity index (χ1) is 12.2. The highest BCUT2D eigenvalue weighted by Crippen LogP contribution is 2.04. The van der Waals surface area contributed by atoms with E-state index in [-0.39, 0.29) is 11.8 Å². The molecule has 0 spiro atoms. The number of hydrazone groups is 2. The predicted octanol–water partition coefficient (Wildman–Crippen LogP) is 3.36. The summed E-state index contributed by atoms with van der Waals surface area (Å²) < 4.78 is 0. The number of unbranched alkanes of at least 4 members (excludes halogenated alkanes) is 2. The Bertz CT molecular complexity index is 634. The number of hydrogen-bond acceptors (Lipinski definition) is 6. The van der Waals surface area contributed by atoms with Gasteiger partial charge in [0, 0.05) is 24.0 Å². The summed E-state index contributed by atoms with van der Waals surface area (Å²) in [4.78, 5) is 23.2. The maximum absolute atomic E-state index is 11.6. The van der Waals surface area contributed by atoms with Crippen LogP contribution < -0.4 is 10.9 Å². The molecule has 0 aromatic carbocycles. The normalized spacial score (nSPS) is 11.2. The molecule has 132 valence electrons. The predicted molar refractivity (Wildman–Crippen MR) is 103 cm³/mol. The summed E-state index contributed by atoms with van der Waals surface area (Å²) >= 11 is 3.16. The highest BCUT2D eigenvalue weighted by atomic mass is 32.1. The summed E-state index contributed by atoms with van der Waals surface area (Å²) in [5.74, 6) is -0.229. The second kappa shape index (κ2) is 11.3. The average molecular weight is 377 g/mol. The van der Waals surface area contributed by atoms with Crippen molar-refractivity contribution in [1.29, 1.82) is 0 Å². The van der Waals surface area contributed by atoms with E-state index in [1.165, 1.54) is 0 Å². The van der Waals surface area contributed by atoms with Crippen LogP contribution in [0.25, 0.3) is 0 Å². The molecule has 8 heteroatoms. The molecule has 2 amide bonds. The maximum atomic E-state index is 11.6. The third-order valence-corrected chi connectivity index (χ3v) is 4.60. The van der Waals surface area contributed by atoms with Crippen LogP contribution in [-0.4, -0.2) is 24.2 Å². The summed E-state index contributed by atoms with van der Waals surface area (Å²) in [7, 11) is 0. The first kappa shape index (κ1) is 19.0. The summed E-state index contributed by atoms with van der Waals surface area (Å²) in [6.07, 6.45) is 6.31. The number of carbonyl (C=O) groups is 2. The molecule has 0 radical (unpaired) electrons. The number of rotatable bonds is 10. The van der Waals surface area contributed by atoms with Crippen molar-refractivity contribution in [2.45, 2.75) is 32.1 Å². The second-order valence-corrected chi connectivity index (χ2v) is 6.82. The SMILES string of the molecule is O=C(CCCCCC(=O)N/N=C/c1ccsc1)N/N=C/c1ccsc1. The Balaban J connectivity index is 1.48. The molecule has 0 unspecified atom stereocenters. The summed E-state index contributed by atoms with van der Waals surface area (Å²) in [5, 5.41) is 15.6. The van der Waals surface area contributed by atoms with Gasteiger partial charge in [-0.15, -0.1) is 0 Å². The van der Waals surface area contributed by atoms with Gasteiger partial charge in [-0.25, -0.2) is 10.9 Å². The molecule has 6 nitrogen and oxygen atoms in total. The smallest absolute Gasteiger partial charge is 0.240 e. The number of nitrogens with zero attached hydrogens (tertiary/aromatic N) is 2. The van der Waals surface area contributed by atoms with Gasteiger partial charge in [0.15, 0.2) is 0 Å². The highest BCUT2D eigenvalue weighted by molar-refractivity contribution is 7.08. The fourth-order valence-corrected chi connectivity index (χ4v) is 3.14. The monoisotopic (exact) mass is 376 g/mol. The number of thiophene rings is 2. The molecular weight excluding hydrogens is 356 g/mol. The van der Waals surface area contributed by atoms with Gasteiger partial charge in [-0.3, -0.25) is 9.59 Å². The Kier molecular flexibility index (Phi) is 8.57. The van der Waals surface area contributed by atoms with Crippen LogP contribution >= 0.6 is 22.7 Å². The van der Waals surface area contributed by atoms with Gasteiger partial charge in [-0.2, -0.15) is 32.9 Å². The van der Waals surface area contributed by atoms with Crippen molar-refractivity contribution in [3.05, 3.63) is 44.8 Å². The molecule has 2 rings (SSSR count). The van der Waals surface area contributed by atoms with E-state index in [1.54, 1.807) is 35.1 Å². The quantitative estimate of drug-likeness (QED) is 0.379. The fourth-order valence-electron chi connectivity index (χ4n) is 1.91. The van der Waals surface area contributed by atoms with E-state index < -0.39 is 0 Å². The summed E-state index contributed by atoms with van der Waals surface area (Å²) in [6.45, 7) is 0. The molecular formula is C17H20N4O2S2. The number of nitrogens with one attached hydrogen (secondary N) is 2. The van der Waals surface area contributed by atoms with E-state index in [0.717, 1.165) is 30.4 Å². The molecule has 2 aromatic heterocycles. The lowest BCUT2D eigenvalue weighted by molar-refractivity contribution is -0.121. The Labute approximate surface area is 154 Å². The van der Waals surface area contributed by atoms with Gasteiger partial charge in [0.25, 0.3) is 0 Å². The van der Waals surface area contributed by atoms with Crippen LogP contribution in [0.1, 0.15) is 43.2 Å². The van der Waals surface area contributed by atoms with Crippen LogP contribution in [0.15, 0.2) is 43.9 Å². The Morgan fingerprint density at radius 2 is 1.32 bits per heavy atom. The van der Waals surface area contributed by atoms with E-state index in [2.05, 4.69) is 21.1 Å². The minimum atomic E-state index is -0.115. The molecule has 2 N–H and O–H groups in total. The Morgan fingerprint density at radius 3 is 1.72 bits per heavy atom. The lowest BCUT2D eigenvalue weighted by Gasteiger charge is -2.01. The molecule has 0 saturated carbocycles. The second-order valence-electron chi connectivity index (χ2n) is 5.26. The Morgan fingerprint density at radius 1 is 0.840 bits per heavy atom. The van der Waals surface area contributed by atoms with Crippen molar-refractivity contribution in [2.75, 3.05) is 0 Å². The molecule has 2 aromatic rings. The van der Waals surface area contributed by atoms with E-state index >= 15 is 0 Å². The molecule has 2 heterocycles. The van der Waals surface area contributed by atoms with Crippen molar-refractivity contribution in [2.24, 2.45) is 10.2 Å². The largest absolute Gasteiger partial charge is 0.273 e. The molecule has 0 atom stereocenters. The number of hydrogen-bond donors (Lipinski definition) is 2. The van der Waals surface area contributed by atoms with E-state index in [0.29, 0.717) is 12.8 Å². The molecule has 0 aliphatic rings. The van der Waals surface area contributed by atoms with Crippen molar-refractivity contribution >= 4 is 46.9 Å². The van der Waals surface area contributed by atoms with Crippen molar-refractivity contribution < 1.29 is 9.59 Å². The van der Waals surface area contributed by atoms with Crippen LogP contribution in [0, 0.1) is 0 Å². The molecule has 25 heavy (non-hydrogen) atoms. The van der Waals surface area contributed by atoms with Crippen LogP contribution in [-0.2, 0) is 9.59 Å². The number of carbonyl (C=O) groups excluding carboxylic acids is 2. The molecule has 0 aliphatic carbocycles. The van der Waals surface area contributed by atoms with E-state index in [9.17, 15) is 9.59 Å². The van der Waals surface area contributed by atoms with Gasteiger partial charge < -0.3 is 0 Å². The maximum Gasteiger partial charge on any atom is 0.240 e. The third-order valence-electron chi connectivity index (χ3n) is 3.20. The molecule has 0 fully saturated rings. The Hall–Kier alpha value is -2.32. The van der Waals surface area contributed by atoms with E-state index in [4.69, 9.17) is 0 Å². The standard InChI is InChI=1S/C17H20N4O2S2/c22-16(20-18-10-14-6-8-24-12-14)4-2-1-3-5-17(23)21-19-11-15-7-9-25-13-15/h6-13H,1-5H2,(H,20,22)(H,21,23)/b18-10+,19-11+. The topological polar surface area (TPSA) is 82.9 Å². The third kappa shape index (κ3) is 8.37. The lowest BCUT2D eigenvalue weighted by Crippen LogP contribution is -2.18. The average Bonchev–Trinajstić information content (AvgIpc) is 3.28. The van der Waals surface area contributed by atoms with Gasteiger partial charge in [-0.1, -0.05) is 6.42 Å². The van der Waals surface area contributed by atoms with E-state index in [1.807, 2.05) is 33.7 Å². The van der Waals surface area contributed by atoms with Crippen LogP contribution in [0.4, 0.5) is 0 Å². The van der Waals surface area contributed by atoms with Gasteiger partial charge in [0.05, 0.1) is 12.4 Å². The van der Waals surface area contributed by atoms with Crippen LogP contribution in [0.2, 0.25) is 0 Å². The van der Waals surface area contributed by atoms with Crippen molar-refractivity contribution in [3.8, 4) is 0 Å². The summed E-state index contributed by atoms with van der Waals surface area (Å²) in [5.41, 5.74) is 6.94. The highest BCUT2D eigenvalue weighted by Gasteiger charge is 2.02.